The first-order chi connectivity index (χ1) is 9.41. The third-order valence-electron chi connectivity index (χ3n) is 3.50. The van der Waals surface area contributed by atoms with Gasteiger partial charge in [-0.3, -0.25) is 0 Å². The molecule has 0 saturated carbocycles. The summed E-state index contributed by atoms with van der Waals surface area (Å²) in [5.74, 6) is 0. The van der Waals surface area contributed by atoms with Crippen molar-refractivity contribution in [1.82, 2.24) is 0 Å². The summed E-state index contributed by atoms with van der Waals surface area (Å²) in [6.07, 6.45) is 27.0. The highest BCUT2D eigenvalue weighted by Crippen LogP contribution is 2.09. The highest BCUT2D eigenvalue weighted by atomic mass is 14.0. The van der Waals surface area contributed by atoms with Crippen LogP contribution in [0, 0.1) is 0 Å². The van der Waals surface area contributed by atoms with E-state index in [-0.39, 0.29) is 0 Å². The first-order valence-corrected chi connectivity index (χ1v) is 8.71. The Balaban J connectivity index is 3.04. The molecule has 0 aliphatic rings. The summed E-state index contributed by atoms with van der Waals surface area (Å²) >= 11 is 0. The largest absolute Gasteiger partial charge is 0.0885 e. The summed E-state index contributed by atoms with van der Waals surface area (Å²) < 4.78 is 0. The monoisotopic (exact) mass is 264 g/mol. The molecule has 0 saturated heterocycles. The van der Waals surface area contributed by atoms with E-state index in [4.69, 9.17) is 0 Å². The zero-order valence-corrected chi connectivity index (χ0v) is 13.5. The summed E-state index contributed by atoms with van der Waals surface area (Å²) in [5, 5.41) is 0. The quantitative estimate of drug-likeness (QED) is 0.230. The van der Waals surface area contributed by atoms with Crippen molar-refractivity contribution in [2.75, 3.05) is 0 Å². The zero-order chi connectivity index (χ0) is 14.0. The summed E-state index contributed by atoms with van der Waals surface area (Å²) in [4.78, 5) is 0. The van der Waals surface area contributed by atoms with Crippen LogP contribution in [-0.4, -0.2) is 0 Å². The van der Waals surface area contributed by atoms with Crippen LogP contribution in [0.15, 0.2) is 24.3 Å². The van der Waals surface area contributed by atoms with Gasteiger partial charge in [0.15, 0.2) is 0 Å². The molecule has 0 unspecified atom stereocenters. The molecule has 0 amide bonds. The second-order valence-corrected chi connectivity index (χ2v) is 5.57. The van der Waals surface area contributed by atoms with Crippen molar-refractivity contribution in [2.45, 2.75) is 97.3 Å². The van der Waals surface area contributed by atoms with Crippen LogP contribution in [0.5, 0.6) is 0 Å². The van der Waals surface area contributed by atoms with Gasteiger partial charge in [0.25, 0.3) is 0 Å². The van der Waals surface area contributed by atoms with E-state index < -0.39 is 0 Å². The first-order valence-electron chi connectivity index (χ1n) is 8.71. The molecule has 0 heteroatoms. The average molecular weight is 264 g/mol. The lowest BCUT2D eigenvalue weighted by Crippen LogP contribution is -1.79. The third kappa shape index (κ3) is 17.5. The number of rotatable bonds is 14. The molecule has 0 aliphatic carbocycles. The lowest BCUT2D eigenvalue weighted by atomic mass is 10.1. The first kappa shape index (κ1) is 18.5. The Morgan fingerprint density at radius 2 is 0.842 bits per heavy atom. The summed E-state index contributed by atoms with van der Waals surface area (Å²) in [6.45, 7) is 4.50. The van der Waals surface area contributed by atoms with Gasteiger partial charge >= 0.3 is 0 Å². The molecule has 19 heavy (non-hydrogen) atoms. The van der Waals surface area contributed by atoms with Crippen molar-refractivity contribution >= 4 is 0 Å². The lowest BCUT2D eigenvalue weighted by molar-refractivity contribution is 0.599. The molecule has 0 rings (SSSR count). The van der Waals surface area contributed by atoms with Gasteiger partial charge in [0, 0.05) is 0 Å². The molecule has 0 N–H and O–H groups in total. The predicted molar refractivity (Wildman–Crippen MR) is 89.6 cm³/mol. The van der Waals surface area contributed by atoms with Crippen molar-refractivity contribution in [3.8, 4) is 0 Å². The Labute approximate surface area is 122 Å². The Kier molecular flexibility index (Phi) is 17.0. The molecule has 0 nitrogen and oxygen atoms in total. The molecule has 112 valence electrons. The van der Waals surface area contributed by atoms with Crippen LogP contribution >= 0.6 is 0 Å². The minimum absolute atomic E-state index is 1.26. The van der Waals surface area contributed by atoms with Gasteiger partial charge in [0.1, 0.15) is 0 Å². The van der Waals surface area contributed by atoms with Crippen LogP contribution in [0.25, 0.3) is 0 Å². The molecule has 0 aromatic rings. The van der Waals surface area contributed by atoms with E-state index in [0.717, 1.165) is 0 Å². The zero-order valence-electron chi connectivity index (χ0n) is 13.5. The minimum Gasteiger partial charge on any atom is -0.0885 e. The van der Waals surface area contributed by atoms with Crippen molar-refractivity contribution in [1.29, 1.82) is 0 Å². The number of unbranched alkanes of at least 4 members (excludes halogenated alkanes) is 10. The second-order valence-electron chi connectivity index (χ2n) is 5.57. The Bertz CT molecular complexity index is 200. The van der Waals surface area contributed by atoms with E-state index in [1.807, 2.05) is 0 Å². The summed E-state index contributed by atoms with van der Waals surface area (Å²) in [5.41, 5.74) is 0. The van der Waals surface area contributed by atoms with Gasteiger partial charge in [-0.1, -0.05) is 83.1 Å². The predicted octanol–water partition coefficient (Wildman–Crippen LogP) is 7.21. The highest BCUT2D eigenvalue weighted by molar-refractivity contribution is 4.81. The van der Waals surface area contributed by atoms with Crippen LogP contribution in [0.2, 0.25) is 0 Å². The van der Waals surface area contributed by atoms with Crippen molar-refractivity contribution < 1.29 is 0 Å². The molecule has 0 aromatic heterocycles. The van der Waals surface area contributed by atoms with Gasteiger partial charge < -0.3 is 0 Å². The van der Waals surface area contributed by atoms with E-state index in [1.54, 1.807) is 0 Å². The molecule has 0 heterocycles. The molecule has 0 spiro atoms. The van der Waals surface area contributed by atoms with Crippen LogP contribution < -0.4 is 0 Å². The van der Waals surface area contributed by atoms with E-state index in [0.29, 0.717) is 0 Å². The molecule has 0 fully saturated rings. The van der Waals surface area contributed by atoms with Crippen LogP contribution in [-0.2, 0) is 0 Å². The van der Waals surface area contributed by atoms with E-state index in [1.165, 1.54) is 83.5 Å². The van der Waals surface area contributed by atoms with Crippen molar-refractivity contribution in [2.24, 2.45) is 0 Å². The minimum atomic E-state index is 1.26. The maximum absolute atomic E-state index is 2.38. The maximum atomic E-state index is 2.38. The van der Waals surface area contributed by atoms with Crippen molar-refractivity contribution in [3.05, 3.63) is 24.3 Å². The van der Waals surface area contributed by atoms with Gasteiger partial charge in [-0.25, -0.2) is 0 Å². The molecular formula is C19H36. The van der Waals surface area contributed by atoms with E-state index in [2.05, 4.69) is 38.2 Å². The topological polar surface area (TPSA) is 0 Å². The third-order valence-corrected chi connectivity index (χ3v) is 3.50. The molecule has 0 radical (unpaired) electrons. The van der Waals surface area contributed by atoms with Gasteiger partial charge in [-0.15, -0.1) is 0 Å². The van der Waals surface area contributed by atoms with Gasteiger partial charge in [0.05, 0.1) is 0 Å². The average Bonchev–Trinajstić information content (AvgIpc) is 2.43. The smallest absolute Gasteiger partial charge is 0.0351 e. The van der Waals surface area contributed by atoms with Gasteiger partial charge in [0.2, 0.25) is 0 Å². The Morgan fingerprint density at radius 1 is 0.421 bits per heavy atom. The standard InChI is InChI=1S/C19H36/c1-3-5-7-9-11-13-15-17-19-18-16-14-12-10-8-6-4-2/h7,9-10,12H,3-6,8,11,13-19H2,1-2H3/b9-7+,12-10+. The van der Waals surface area contributed by atoms with Gasteiger partial charge in [-0.05, 0) is 38.5 Å². The fraction of sp³-hybridized carbons (Fsp3) is 0.789. The van der Waals surface area contributed by atoms with E-state index in [9.17, 15) is 0 Å². The normalized spacial score (nSPS) is 11.9. The molecule has 0 aliphatic heterocycles. The lowest BCUT2D eigenvalue weighted by Gasteiger charge is -1.99. The summed E-state index contributed by atoms with van der Waals surface area (Å²) in [7, 11) is 0. The van der Waals surface area contributed by atoms with E-state index >= 15 is 0 Å². The molecule has 0 bridgehead atoms. The number of hydrogen-bond donors (Lipinski definition) is 0. The fourth-order valence-corrected chi connectivity index (χ4v) is 2.19. The number of hydrogen-bond acceptors (Lipinski definition) is 0. The fourth-order valence-electron chi connectivity index (χ4n) is 2.19. The Morgan fingerprint density at radius 3 is 1.32 bits per heavy atom. The van der Waals surface area contributed by atoms with Crippen molar-refractivity contribution in [3.63, 3.8) is 0 Å². The SMILES string of the molecule is CCC/C=C/CCCCCCCC/C=C/CCCC. The number of allylic oxidation sites excluding steroid dienone is 4. The summed E-state index contributed by atoms with van der Waals surface area (Å²) in [6, 6.07) is 0. The molecular weight excluding hydrogens is 228 g/mol. The van der Waals surface area contributed by atoms with Gasteiger partial charge in [-0.2, -0.15) is 0 Å². The maximum Gasteiger partial charge on any atom is -0.0351 e. The highest BCUT2D eigenvalue weighted by Gasteiger charge is 1.90. The van der Waals surface area contributed by atoms with Crippen LogP contribution in [0.3, 0.4) is 0 Å². The molecule has 0 aromatic carbocycles. The second kappa shape index (κ2) is 17.5. The van der Waals surface area contributed by atoms with Crippen LogP contribution in [0.4, 0.5) is 0 Å². The Hall–Kier alpha value is -0.520. The molecule has 0 atom stereocenters. The van der Waals surface area contributed by atoms with Crippen LogP contribution in [0.1, 0.15) is 97.3 Å².